The van der Waals surface area contributed by atoms with Crippen molar-refractivity contribution in [1.82, 2.24) is 4.31 Å². The van der Waals surface area contributed by atoms with Crippen LogP contribution in [0.1, 0.15) is 66.4 Å². The summed E-state index contributed by atoms with van der Waals surface area (Å²) in [6.45, 7) is 11.9. The first-order valence-electron chi connectivity index (χ1n) is 11.8. The maximum Gasteiger partial charge on any atom is 0.338 e. The van der Waals surface area contributed by atoms with Gasteiger partial charge >= 0.3 is 5.97 Å². The van der Waals surface area contributed by atoms with Gasteiger partial charge in [-0.3, -0.25) is 0 Å². The predicted molar refractivity (Wildman–Crippen MR) is 123 cm³/mol. The minimum Gasteiger partial charge on any atom is -0.430 e. The Labute approximate surface area is 192 Å². The van der Waals surface area contributed by atoms with E-state index in [-0.39, 0.29) is 35.1 Å². The number of hydrogen-bond donors (Lipinski definition) is 0. The molecule has 3 aliphatic rings. The average molecular weight is 464 g/mol. The third-order valence-electron chi connectivity index (χ3n) is 8.31. The van der Waals surface area contributed by atoms with Gasteiger partial charge in [0, 0.05) is 24.9 Å². The van der Waals surface area contributed by atoms with E-state index in [2.05, 4.69) is 13.8 Å². The van der Waals surface area contributed by atoms with Gasteiger partial charge in [0.2, 0.25) is 15.8 Å². The van der Waals surface area contributed by atoms with Gasteiger partial charge in [-0.15, -0.1) is 0 Å². The van der Waals surface area contributed by atoms with Gasteiger partial charge in [0.1, 0.15) is 0 Å². The summed E-state index contributed by atoms with van der Waals surface area (Å²) >= 11 is 0. The van der Waals surface area contributed by atoms with E-state index in [0.717, 1.165) is 12.0 Å². The SMILES string of the molecule is CC(C)N(C(C)C)S(=O)(=O)C[C@]12CC[C@H](C[C@]13OC(=O)[C@@H](Cc1ccccc1)O3)C2(C)C. The van der Waals surface area contributed by atoms with E-state index >= 15 is 0 Å². The average Bonchev–Trinajstić information content (AvgIpc) is 3.16. The maximum absolute atomic E-state index is 13.8. The number of fused-ring (bicyclic) bond motifs is 3. The van der Waals surface area contributed by atoms with E-state index in [1.807, 2.05) is 58.0 Å². The molecule has 0 unspecified atom stereocenters. The highest BCUT2D eigenvalue weighted by Gasteiger charge is 2.77. The zero-order valence-corrected chi connectivity index (χ0v) is 20.9. The van der Waals surface area contributed by atoms with Crippen molar-refractivity contribution >= 4 is 16.0 Å². The topological polar surface area (TPSA) is 72.9 Å². The Hall–Kier alpha value is -1.44. The Morgan fingerprint density at radius 2 is 1.72 bits per heavy atom. The van der Waals surface area contributed by atoms with Crippen LogP contribution in [0.15, 0.2) is 30.3 Å². The fourth-order valence-corrected chi connectivity index (χ4v) is 9.62. The van der Waals surface area contributed by atoms with Gasteiger partial charge in [-0.25, -0.2) is 13.2 Å². The molecule has 1 spiro atoms. The zero-order chi connectivity index (χ0) is 23.5. The third-order valence-corrected chi connectivity index (χ3v) is 10.7. The molecular weight excluding hydrogens is 426 g/mol. The normalized spacial score (nSPS) is 33.7. The van der Waals surface area contributed by atoms with Crippen molar-refractivity contribution in [3.63, 3.8) is 0 Å². The first-order chi connectivity index (χ1) is 14.9. The molecule has 1 aromatic carbocycles. The number of carbonyl (C=O) groups excluding carboxylic acids is 1. The minimum atomic E-state index is -3.61. The summed E-state index contributed by atoms with van der Waals surface area (Å²) in [5.74, 6) is -1.36. The Balaban J connectivity index is 1.70. The lowest BCUT2D eigenvalue weighted by atomic mass is 9.68. The molecule has 2 bridgehead atoms. The Bertz CT molecular complexity index is 965. The maximum atomic E-state index is 13.8. The number of hydrogen-bond acceptors (Lipinski definition) is 5. The molecule has 0 N–H and O–H groups in total. The smallest absolute Gasteiger partial charge is 0.338 e. The summed E-state index contributed by atoms with van der Waals surface area (Å²) in [6.07, 6.45) is 1.89. The fourth-order valence-electron chi connectivity index (χ4n) is 6.83. The molecule has 7 heteroatoms. The molecule has 1 aliphatic heterocycles. The van der Waals surface area contributed by atoms with E-state index in [1.54, 1.807) is 4.31 Å². The number of nitrogens with zero attached hydrogens (tertiary/aromatic N) is 1. The first kappa shape index (κ1) is 23.7. The van der Waals surface area contributed by atoms with Crippen molar-refractivity contribution in [2.75, 3.05) is 5.75 Å². The summed E-state index contributed by atoms with van der Waals surface area (Å²) in [4.78, 5) is 13.0. The number of carbonyl (C=O) groups is 1. The largest absolute Gasteiger partial charge is 0.430 e. The summed E-state index contributed by atoms with van der Waals surface area (Å²) in [5, 5.41) is 0. The van der Waals surface area contributed by atoms with Crippen molar-refractivity contribution in [1.29, 1.82) is 0 Å². The van der Waals surface area contributed by atoms with Crippen LogP contribution in [0.3, 0.4) is 0 Å². The van der Waals surface area contributed by atoms with Crippen molar-refractivity contribution in [2.45, 2.75) is 91.2 Å². The minimum absolute atomic E-state index is 0.0643. The second-order valence-corrected chi connectivity index (χ2v) is 12.9. The van der Waals surface area contributed by atoms with Gasteiger partial charge in [-0.1, -0.05) is 44.2 Å². The zero-order valence-electron chi connectivity index (χ0n) is 20.1. The molecular formula is C25H37NO5S. The van der Waals surface area contributed by atoms with Gasteiger partial charge in [-0.2, -0.15) is 4.31 Å². The Kier molecular flexibility index (Phi) is 5.79. The van der Waals surface area contributed by atoms with Gasteiger partial charge in [-0.05, 0) is 57.4 Å². The number of esters is 1. The molecule has 0 aromatic heterocycles. The van der Waals surface area contributed by atoms with Crippen LogP contribution in [0, 0.1) is 16.7 Å². The first-order valence-corrected chi connectivity index (χ1v) is 13.4. The van der Waals surface area contributed by atoms with Crippen LogP contribution in [0.2, 0.25) is 0 Å². The summed E-state index contributed by atoms with van der Waals surface area (Å²) < 4.78 is 41.7. The van der Waals surface area contributed by atoms with Crippen molar-refractivity contribution in [3.05, 3.63) is 35.9 Å². The van der Waals surface area contributed by atoms with Crippen LogP contribution < -0.4 is 0 Å². The third kappa shape index (κ3) is 3.43. The van der Waals surface area contributed by atoms with Crippen LogP contribution in [0.5, 0.6) is 0 Å². The second kappa shape index (κ2) is 7.81. The monoisotopic (exact) mass is 463 g/mol. The lowest BCUT2D eigenvalue weighted by Gasteiger charge is -2.47. The van der Waals surface area contributed by atoms with Crippen LogP contribution >= 0.6 is 0 Å². The van der Waals surface area contributed by atoms with Gasteiger partial charge in [0.05, 0.1) is 11.2 Å². The van der Waals surface area contributed by atoms with Crippen LogP contribution in [0.4, 0.5) is 0 Å². The molecule has 1 heterocycles. The lowest BCUT2D eigenvalue weighted by molar-refractivity contribution is -0.241. The quantitative estimate of drug-likeness (QED) is 0.568. The van der Waals surface area contributed by atoms with Crippen molar-refractivity contribution < 1.29 is 22.7 Å². The highest BCUT2D eigenvalue weighted by atomic mass is 32.2. The fraction of sp³-hybridized carbons (Fsp3) is 0.720. The molecule has 6 nitrogen and oxygen atoms in total. The summed E-state index contributed by atoms with van der Waals surface area (Å²) in [6, 6.07) is 9.45. The van der Waals surface area contributed by atoms with E-state index in [9.17, 15) is 13.2 Å². The lowest BCUT2D eigenvalue weighted by Crippen LogP contribution is -2.57. The molecule has 3 fully saturated rings. The number of benzene rings is 1. The van der Waals surface area contributed by atoms with Gasteiger partial charge < -0.3 is 9.47 Å². The van der Waals surface area contributed by atoms with Crippen LogP contribution in [0.25, 0.3) is 0 Å². The van der Waals surface area contributed by atoms with E-state index in [4.69, 9.17) is 9.47 Å². The predicted octanol–water partition coefficient (Wildman–Crippen LogP) is 4.14. The molecule has 2 aliphatic carbocycles. The highest BCUT2D eigenvalue weighted by Crippen LogP contribution is 2.72. The Morgan fingerprint density at radius 3 is 2.28 bits per heavy atom. The van der Waals surface area contributed by atoms with Crippen molar-refractivity contribution in [2.24, 2.45) is 16.7 Å². The van der Waals surface area contributed by atoms with Gasteiger partial charge in [0.25, 0.3) is 0 Å². The van der Waals surface area contributed by atoms with E-state index < -0.39 is 27.3 Å². The molecule has 178 valence electrons. The summed E-state index contributed by atoms with van der Waals surface area (Å²) in [5.41, 5.74) is -0.0878. The summed E-state index contributed by atoms with van der Waals surface area (Å²) in [7, 11) is -3.61. The number of sulfonamides is 1. The molecule has 4 atom stereocenters. The molecule has 1 saturated heterocycles. The molecule has 2 saturated carbocycles. The van der Waals surface area contributed by atoms with Gasteiger partial charge in [0.15, 0.2) is 6.10 Å². The number of ether oxygens (including phenoxy) is 2. The van der Waals surface area contributed by atoms with E-state index in [0.29, 0.717) is 19.3 Å². The molecule has 32 heavy (non-hydrogen) atoms. The van der Waals surface area contributed by atoms with Crippen LogP contribution in [-0.4, -0.2) is 48.4 Å². The second-order valence-electron chi connectivity index (χ2n) is 11.0. The molecule has 1 aromatic rings. The molecule has 4 rings (SSSR count). The highest BCUT2D eigenvalue weighted by molar-refractivity contribution is 7.89. The molecule has 0 radical (unpaired) electrons. The Morgan fingerprint density at radius 1 is 1.09 bits per heavy atom. The van der Waals surface area contributed by atoms with Crippen LogP contribution in [-0.2, 0) is 30.7 Å². The van der Waals surface area contributed by atoms with Crippen molar-refractivity contribution in [3.8, 4) is 0 Å². The standard InChI is InChI=1S/C25H37NO5S/c1-17(2)26(18(3)4)32(28,29)16-24-13-12-20(23(24,5)6)15-25(24)30-21(22(27)31-25)14-19-10-8-7-9-11-19/h7-11,17-18,20-21H,12-16H2,1-6H3/t20-,21-,24+,25+/m1/s1. The van der Waals surface area contributed by atoms with E-state index in [1.165, 1.54) is 0 Å². The molecule has 0 amide bonds. The number of rotatable bonds is 7.